The minimum Gasteiger partial charge on any atom is -0.459 e. The monoisotopic (exact) mass is 363 g/mol. The van der Waals surface area contributed by atoms with E-state index in [9.17, 15) is 9.59 Å². The number of amides is 2. The van der Waals surface area contributed by atoms with Gasteiger partial charge in [0.25, 0.3) is 5.91 Å². The van der Waals surface area contributed by atoms with Crippen molar-refractivity contribution in [1.82, 2.24) is 5.32 Å². The van der Waals surface area contributed by atoms with E-state index in [0.29, 0.717) is 11.4 Å². The van der Waals surface area contributed by atoms with Crippen molar-refractivity contribution in [1.29, 1.82) is 0 Å². The van der Waals surface area contributed by atoms with Crippen LogP contribution in [0.5, 0.6) is 0 Å². The fraction of sp³-hybridized carbons (Fsp3) is 0.143. The van der Waals surface area contributed by atoms with Crippen LogP contribution >= 0.6 is 0 Å². The first-order valence-electron chi connectivity index (χ1n) is 8.65. The zero-order chi connectivity index (χ0) is 19.1. The standard InChI is InChI=1S/C21H21N3O3/c1-15(16-7-3-2-4-8-16)22-14-20(25)23-17-9-5-10-18(13-17)24-21(26)19-11-6-12-27-19/h2-13,15,22H,14H2,1H3,(H,23,25)(H,24,26). The third kappa shape index (κ3) is 5.29. The molecule has 1 heterocycles. The lowest BCUT2D eigenvalue weighted by atomic mass is 10.1. The topological polar surface area (TPSA) is 83.4 Å². The van der Waals surface area contributed by atoms with Gasteiger partial charge >= 0.3 is 0 Å². The van der Waals surface area contributed by atoms with E-state index in [1.54, 1.807) is 36.4 Å². The zero-order valence-electron chi connectivity index (χ0n) is 14.9. The number of hydrogen-bond acceptors (Lipinski definition) is 4. The molecule has 0 saturated carbocycles. The molecule has 3 rings (SSSR count). The van der Waals surface area contributed by atoms with Crippen LogP contribution in [0.2, 0.25) is 0 Å². The van der Waals surface area contributed by atoms with Gasteiger partial charge in [-0.05, 0) is 42.8 Å². The summed E-state index contributed by atoms with van der Waals surface area (Å²) in [7, 11) is 0. The molecule has 0 saturated heterocycles. The summed E-state index contributed by atoms with van der Waals surface area (Å²) in [6, 6.07) is 20.2. The number of furan rings is 1. The van der Waals surface area contributed by atoms with Crippen molar-refractivity contribution >= 4 is 23.2 Å². The summed E-state index contributed by atoms with van der Waals surface area (Å²) >= 11 is 0. The highest BCUT2D eigenvalue weighted by molar-refractivity contribution is 6.02. The smallest absolute Gasteiger partial charge is 0.291 e. The SMILES string of the molecule is CC(NCC(=O)Nc1cccc(NC(=O)c2ccco2)c1)c1ccccc1. The van der Waals surface area contributed by atoms with Gasteiger partial charge in [-0.3, -0.25) is 9.59 Å². The van der Waals surface area contributed by atoms with Crippen LogP contribution in [0.4, 0.5) is 11.4 Å². The highest BCUT2D eigenvalue weighted by Crippen LogP contribution is 2.16. The summed E-state index contributed by atoms with van der Waals surface area (Å²) in [6.07, 6.45) is 1.44. The third-order valence-electron chi connectivity index (χ3n) is 4.02. The molecule has 138 valence electrons. The van der Waals surface area contributed by atoms with E-state index in [2.05, 4.69) is 16.0 Å². The normalized spacial score (nSPS) is 11.6. The first-order valence-corrected chi connectivity index (χ1v) is 8.65. The third-order valence-corrected chi connectivity index (χ3v) is 4.02. The first-order chi connectivity index (χ1) is 13.1. The highest BCUT2D eigenvalue weighted by atomic mass is 16.3. The summed E-state index contributed by atoms with van der Waals surface area (Å²) in [5.41, 5.74) is 2.29. The Morgan fingerprint density at radius 1 is 0.926 bits per heavy atom. The van der Waals surface area contributed by atoms with Crippen molar-refractivity contribution in [3.63, 3.8) is 0 Å². The van der Waals surface area contributed by atoms with Gasteiger partial charge in [0.1, 0.15) is 0 Å². The molecule has 1 unspecified atom stereocenters. The van der Waals surface area contributed by atoms with E-state index in [1.165, 1.54) is 6.26 Å². The summed E-state index contributed by atoms with van der Waals surface area (Å²) in [5.74, 6) is -0.280. The molecule has 6 nitrogen and oxygen atoms in total. The van der Waals surface area contributed by atoms with E-state index in [0.717, 1.165) is 5.56 Å². The second-order valence-electron chi connectivity index (χ2n) is 6.07. The largest absolute Gasteiger partial charge is 0.459 e. The lowest BCUT2D eigenvalue weighted by Crippen LogP contribution is -2.30. The van der Waals surface area contributed by atoms with E-state index >= 15 is 0 Å². The molecule has 2 amide bonds. The van der Waals surface area contributed by atoms with Gasteiger partial charge < -0.3 is 20.4 Å². The van der Waals surface area contributed by atoms with E-state index in [1.807, 2.05) is 37.3 Å². The van der Waals surface area contributed by atoms with Gasteiger partial charge in [0.15, 0.2) is 5.76 Å². The number of carbonyl (C=O) groups excluding carboxylic acids is 2. The molecule has 0 aliphatic carbocycles. The van der Waals surface area contributed by atoms with Crippen molar-refractivity contribution in [2.45, 2.75) is 13.0 Å². The molecule has 1 atom stereocenters. The maximum atomic E-state index is 12.2. The Labute approximate surface area is 157 Å². The lowest BCUT2D eigenvalue weighted by Gasteiger charge is -2.14. The molecule has 0 spiro atoms. The van der Waals surface area contributed by atoms with E-state index in [-0.39, 0.29) is 30.2 Å². The fourth-order valence-electron chi connectivity index (χ4n) is 2.59. The first kappa shape index (κ1) is 18.4. The maximum absolute atomic E-state index is 12.2. The number of anilines is 2. The van der Waals surface area contributed by atoms with E-state index < -0.39 is 0 Å². The second-order valence-corrected chi connectivity index (χ2v) is 6.07. The summed E-state index contributed by atoms with van der Waals surface area (Å²) in [6.45, 7) is 2.19. The molecule has 2 aromatic carbocycles. The fourth-order valence-corrected chi connectivity index (χ4v) is 2.59. The highest BCUT2D eigenvalue weighted by Gasteiger charge is 2.10. The molecular weight excluding hydrogens is 342 g/mol. The van der Waals surface area contributed by atoms with Crippen molar-refractivity contribution in [3.8, 4) is 0 Å². The molecule has 3 N–H and O–H groups in total. The van der Waals surface area contributed by atoms with Gasteiger partial charge in [-0.2, -0.15) is 0 Å². The zero-order valence-corrected chi connectivity index (χ0v) is 14.9. The van der Waals surface area contributed by atoms with Crippen molar-refractivity contribution in [2.75, 3.05) is 17.2 Å². The Kier molecular flexibility index (Phi) is 6.02. The molecule has 0 aliphatic rings. The van der Waals surface area contributed by atoms with Gasteiger partial charge in [-0.25, -0.2) is 0 Å². The average molecular weight is 363 g/mol. The molecule has 1 aromatic heterocycles. The second kappa shape index (κ2) is 8.82. The van der Waals surface area contributed by atoms with Crippen molar-refractivity contribution in [3.05, 3.63) is 84.3 Å². The molecule has 3 aromatic rings. The lowest BCUT2D eigenvalue weighted by molar-refractivity contribution is -0.115. The van der Waals surface area contributed by atoms with Crippen LogP contribution in [0, 0.1) is 0 Å². The van der Waals surface area contributed by atoms with Gasteiger partial charge in [-0.1, -0.05) is 36.4 Å². The Bertz CT molecular complexity index is 892. The van der Waals surface area contributed by atoms with Crippen LogP contribution in [-0.4, -0.2) is 18.4 Å². The quantitative estimate of drug-likeness (QED) is 0.596. The molecule has 0 aliphatic heterocycles. The Morgan fingerprint density at radius 2 is 1.67 bits per heavy atom. The van der Waals surface area contributed by atoms with Crippen LogP contribution in [0.15, 0.2) is 77.4 Å². The Balaban J connectivity index is 1.53. The maximum Gasteiger partial charge on any atom is 0.291 e. The van der Waals surface area contributed by atoms with Gasteiger partial charge in [0.05, 0.1) is 12.8 Å². The summed E-state index contributed by atoms with van der Waals surface area (Å²) in [4.78, 5) is 24.2. The minimum absolute atomic E-state index is 0.0656. The summed E-state index contributed by atoms with van der Waals surface area (Å²) in [5, 5.41) is 8.74. The van der Waals surface area contributed by atoms with Gasteiger partial charge in [-0.15, -0.1) is 0 Å². The molecule has 0 fully saturated rings. The molecular formula is C21H21N3O3. The Hall–Kier alpha value is -3.38. The van der Waals surface area contributed by atoms with Gasteiger partial charge in [0, 0.05) is 17.4 Å². The van der Waals surface area contributed by atoms with E-state index in [4.69, 9.17) is 4.42 Å². The van der Waals surface area contributed by atoms with Crippen LogP contribution in [0.3, 0.4) is 0 Å². The molecule has 27 heavy (non-hydrogen) atoms. The predicted octanol–water partition coefficient (Wildman–Crippen LogP) is 3.82. The van der Waals surface area contributed by atoms with Gasteiger partial charge in [0.2, 0.25) is 5.91 Å². The molecule has 6 heteroatoms. The van der Waals surface area contributed by atoms with Crippen LogP contribution in [-0.2, 0) is 4.79 Å². The van der Waals surface area contributed by atoms with Crippen molar-refractivity contribution < 1.29 is 14.0 Å². The predicted molar refractivity (Wildman–Crippen MR) is 105 cm³/mol. The number of hydrogen-bond donors (Lipinski definition) is 3. The summed E-state index contributed by atoms with van der Waals surface area (Å²) < 4.78 is 5.06. The van der Waals surface area contributed by atoms with Crippen molar-refractivity contribution in [2.24, 2.45) is 0 Å². The number of carbonyl (C=O) groups is 2. The van der Waals surface area contributed by atoms with Crippen LogP contribution in [0.25, 0.3) is 0 Å². The number of nitrogens with one attached hydrogen (secondary N) is 3. The number of benzene rings is 2. The van der Waals surface area contributed by atoms with Crippen LogP contribution in [0.1, 0.15) is 29.1 Å². The number of rotatable bonds is 7. The Morgan fingerprint density at radius 3 is 2.37 bits per heavy atom. The molecule has 0 radical (unpaired) electrons. The van der Waals surface area contributed by atoms with Crippen LogP contribution < -0.4 is 16.0 Å². The minimum atomic E-state index is -0.346. The molecule has 0 bridgehead atoms. The average Bonchev–Trinajstić information content (AvgIpc) is 3.22.